The molecule has 2 rings (SSSR count). The maximum absolute atomic E-state index is 12.3. The maximum Gasteiger partial charge on any atom is 0.340 e. The van der Waals surface area contributed by atoms with Crippen molar-refractivity contribution in [3.63, 3.8) is 0 Å². The zero-order chi connectivity index (χ0) is 18.9. The van der Waals surface area contributed by atoms with Crippen molar-refractivity contribution in [1.82, 2.24) is 5.32 Å². The number of carbonyl (C=O) groups excluding carboxylic acids is 1. The molecule has 1 heterocycles. The first-order valence-corrected chi connectivity index (χ1v) is 7.90. The number of aliphatic carboxylic acids is 1. The van der Waals surface area contributed by atoms with Gasteiger partial charge in [-0.1, -0.05) is 13.8 Å². The zero-order valence-corrected chi connectivity index (χ0v) is 14.5. The molecule has 3 N–H and O–H groups in total. The van der Waals surface area contributed by atoms with Gasteiger partial charge in [0.25, 0.3) is 0 Å². The summed E-state index contributed by atoms with van der Waals surface area (Å²) < 4.78 is 5.27. The van der Waals surface area contributed by atoms with E-state index in [2.05, 4.69) is 5.32 Å². The van der Waals surface area contributed by atoms with E-state index in [9.17, 15) is 19.5 Å². The van der Waals surface area contributed by atoms with Crippen LogP contribution in [0.2, 0.25) is 0 Å². The molecule has 2 aromatic rings. The lowest BCUT2D eigenvalue weighted by Gasteiger charge is -2.18. The molecule has 0 bridgehead atoms. The Hall–Kier alpha value is -2.83. The molecule has 25 heavy (non-hydrogen) atoms. The number of rotatable bonds is 5. The van der Waals surface area contributed by atoms with Crippen LogP contribution in [0.25, 0.3) is 11.0 Å². The van der Waals surface area contributed by atoms with Crippen molar-refractivity contribution in [3.8, 4) is 5.75 Å². The molecular weight excluding hydrogens is 326 g/mol. The Morgan fingerprint density at radius 3 is 2.40 bits per heavy atom. The Morgan fingerprint density at radius 2 is 1.84 bits per heavy atom. The second-order valence-electron chi connectivity index (χ2n) is 6.38. The molecule has 0 fully saturated rings. The molecule has 0 saturated carbocycles. The number of nitrogens with one attached hydrogen (secondary N) is 1. The van der Waals surface area contributed by atoms with Gasteiger partial charge in [-0.05, 0) is 37.5 Å². The van der Waals surface area contributed by atoms with Crippen LogP contribution in [-0.2, 0) is 16.0 Å². The van der Waals surface area contributed by atoms with E-state index in [0.29, 0.717) is 16.5 Å². The number of phenolic OH excluding ortho intramolecular Hbond substituents is 1. The molecule has 134 valence electrons. The Kier molecular flexibility index (Phi) is 5.15. The van der Waals surface area contributed by atoms with Crippen molar-refractivity contribution in [2.75, 3.05) is 0 Å². The van der Waals surface area contributed by atoms with Crippen molar-refractivity contribution in [2.45, 2.75) is 40.2 Å². The second-order valence-corrected chi connectivity index (χ2v) is 6.38. The standard InChI is InChI=1S/C18H21NO6/c1-8(2)15(17(22)23)19-14(21)7-12-9(3)11-5-6-13(20)10(4)16(11)25-18(12)24/h5-6,8,15,20H,7H2,1-4H3,(H,19,21)(H,22,23)/t15-/m0/s1. The monoisotopic (exact) mass is 347 g/mol. The number of hydrogen-bond acceptors (Lipinski definition) is 5. The van der Waals surface area contributed by atoms with Crippen LogP contribution in [0.1, 0.15) is 30.5 Å². The maximum atomic E-state index is 12.3. The molecule has 0 radical (unpaired) electrons. The molecule has 0 unspecified atom stereocenters. The van der Waals surface area contributed by atoms with Gasteiger partial charge in [-0.2, -0.15) is 0 Å². The van der Waals surface area contributed by atoms with Crippen LogP contribution in [0.5, 0.6) is 5.75 Å². The SMILES string of the molecule is Cc1c(CC(=O)N[C@H](C(=O)O)C(C)C)c(=O)oc2c(C)c(O)ccc12. The first-order chi connectivity index (χ1) is 11.6. The predicted octanol–water partition coefficient (Wildman–Crippen LogP) is 1.88. The van der Waals surface area contributed by atoms with Crippen LogP contribution in [0, 0.1) is 19.8 Å². The topological polar surface area (TPSA) is 117 Å². The molecule has 7 heteroatoms. The van der Waals surface area contributed by atoms with Crippen molar-refractivity contribution in [3.05, 3.63) is 39.2 Å². The smallest absolute Gasteiger partial charge is 0.340 e. The van der Waals surface area contributed by atoms with Crippen molar-refractivity contribution in [1.29, 1.82) is 0 Å². The van der Waals surface area contributed by atoms with Gasteiger partial charge in [0.05, 0.1) is 12.0 Å². The number of aromatic hydroxyl groups is 1. The summed E-state index contributed by atoms with van der Waals surface area (Å²) in [6.07, 6.45) is -0.277. The van der Waals surface area contributed by atoms with Crippen LogP contribution < -0.4 is 10.9 Å². The number of carboxylic acid groups (broad SMARTS) is 1. The summed E-state index contributed by atoms with van der Waals surface area (Å²) in [5.41, 5.74) is 0.783. The molecule has 0 saturated heterocycles. The minimum absolute atomic E-state index is 0.0155. The van der Waals surface area contributed by atoms with E-state index in [0.717, 1.165) is 0 Å². The molecule has 1 atom stereocenters. The van der Waals surface area contributed by atoms with Gasteiger partial charge in [-0.3, -0.25) is 4.79 Å². The fourth-order valence-electron chi connectivity index (χ4n) is 2.68. The highest BCUT2D eigenvalue weighted by atomic mass is 16.4. The summed E-state index contributed by atoms with van der Waals surface area (Å²) in [7, 11) is 0. The lowest BCUT2D eigenvalue weighted by atomic mass is 10.0. The first kappa shape index (κ1) is 18.5. The van der Waals surface area contributed by atoms with Gasteiger partial charge < -0.3 is 19.9 Å². The van der Waals surface area contributed by atoms with Crippen molar-refractivity contribution in [2.24, 2.45) is 5.92 Å². The first-order valence-electron chi connectivity index (χ1n) is 7.90. The largest absolute Gasteiger partial charge is 0.508 e. The lowest BCUT2D eigenvalue weighted by Crippen LogP contribution is -2.45. The van der Waals surface area contributed by atoms with E-state index in [-0.39, 0.29) is 29.2 Å². The third-order valence-corrected chi connectivity index (χ3v) is 4.26. The van der Waals surface area contributed by atoms with E-state index in [1.54, 1.807) is 33.8 Å². The van der Waals surface area contributed by atoms with E-state index < -0.39 is 23.5 Å². The average molecular weight is 347 g/mol. The lowest BCUT2D eigenvalue weighted by molar-refractivity contribution is -0.143. The molecule has 0 aliphatic rings. The highest BCUT2D eigenvalue weighted by Crippen LogP contribution is 2.28. The zero-order valence-electron chi connectivity index (χ0n) is 14.5. The molecule has 1 amide bonds. The Labute approximate surface area is 144 Å². The van der Waals surface area contributed by atoms with Crippen LogP contribution in [0.3, 0.4) is 0 Å². The highest BCUT2D eigenvalue weighted by molar-refractivity contribution is 5.88. The summed E-state index contributed by atoms with van der Waals surface area (Å²) in [5, 5.41) is 21.9. The minimum Gasteiger partial charge on any atom is -0.508 e. The fraction of sp³-hybridized carbons (Fsp3) is 0.389. The van der Waals surface area contributed by atoms with Gasteiger partial charge in [0.1, 0.15) is 17.4 Å². The number of fused-ring (bicyclic) bond motifs is 1. The molecule has 1 aromatic carbocycles. The quantitative estimate of drug-likeness (QED) is 0.711. The van der Waals surface area contributed by atoms with E-state index in [4.69, 9.17) is 9.52 Å². The number of carboxylic acids is 1. The van der Waals surface area contributed by atoms with E-state index in [1.165, 1.54) is 6.07 Å². The predicted molar refractivity (Wildman–Crippen MR) is 91.7 cm³/mol. The number of aryl methyl sites for hydroxylation is 2. The van der Waals surface area contributed by atoms with Gasteiger partial charge in [0.15, 0.2) is 0 Å². The third-order valence-electron chi connectivity index (χ3n) is 4.26. The molecular formula is C18H21NO6. The summed E-state index contributed by atoms with van der Waals surface area (Å²) in [5.74, 6) is -1.97. The fourth-order valence-corrected chi connectivity index (χ4v) is 2.68. The van der Waals surface area contributed by atoms with Crippen LogP contribution in [0.15, 0.2) is 21.3 Å². The number of amides is 1. The van der Waals surface area contributed by atoms with Crippen LogP contribution >= 0.6 is 0 Å². The van der Waals surface area contributed by atoms with Crippen molar-refractivity contribution >= 4 is 22.8 Å². The normalized spacial score (nSPS) is 12.4. The molecule has 0 aliphatic carbocycles. The molecule has 0 spiro atoms. The number of phenols is 1. The van der Waals surface area contributed by atoms with Crippen LogP contribution in [0.4, 0.5) is 0 Å². The minimum atomic E-state index is -1.13. The number of benzene rings is 1. The van der Waals surface area contributed by atoms with Crippen LogP contribution in [-0.4, -0.2) is 28.1 Å². The number of carbonyl (C=O) groups is 2. The number of hydrogen-bond donors (Lipinski definition) is 3. The third kappa shape index (κ3) is 3.65. The average Bonchev–Trinajstić information content (AvgIpc) is 2.52. The molecule has 7 nitrogen and oxygen atoms in total. The van der Waals surface area contributed by atoms with Gasteiger partial charge in [-0.15, -0.1) is 0 Å². The van der Waals surface area contributed by atoms with E-state index >= 15 is 0 Å². The van der Waals surface area contributed by atoms with Crippen molar-refractivity contribution < 1.29 is 24.2 Å². The summed E-state index contributed by atoms with van der Waals surface area (Å²) in [4.78, 5) is 35.6. The van der Waals surface area contributed by atoms with Gasteiger partial charge >= 0.3 is 11.6 Å². The van der Waals surface area contributed by atoms with Gasteiger partial charge in [0.2, 0.25) is 5.91 Å². The summed E-state index contributed by atoms with van der Waals surface area (Å²) in [6.45, 7) is 6.69. The summed E-state index contributed by atoms with van der Waals surface area (Å²) >= 11 is 0. The summed E-state index contributed by atoms with van der Waals surface area (Å²) in [6, 6.07) is 2.08. The molecule has 0 aliphatic heterocycles. The Bertz CT molecular complexity index is 897. The Morgan fingerprint density at radius 1 is 1.20 bits per heavy atom. The molecule has 1 aromatic heterocycles. The van der Waals surface area contributed by atoms with E-state index in [1.807, 2.05) is 0 Å². The van der Waals surface area contributed by atoms with Gasteiger partial charge in [-0.25, -0.2) is 9.59 Å². The van der Waals surface area contributed by atoms with Gasteiger partial charge in [0, 0.05) is 10.9 Å². The Balaban J connectivity index is 2.39. The highest BCUT2D eigenvalue weighted by Gasteiger charge is 2.24. The second kappa shape index (κ2) is 6.96.